The molecule has 3 aromatic carbocycles. The van der Waals surface area contributed by atoms with E-state index < -0.39 is 6.04 Å². The Kier molecular flexibility index (Phi) is 16.3. The number of methoxy groups -OCH3 is 1. The van der Waals surface area contributed by atoms with Crippen molar-refractivity contribution in [1.29, 1.82) is 0 Å². The maximum atomic E-state index is 12.4. The fraction of sp³-hybridized carbons (Fsp3) is 0.283. The summed E-state index contributed by atoms with van der Waals surface area (Å²) >= 11 is 1.64. The largest absolute Gasteiger partial charge is 0.471 e. The molecule has 2 atom stereocenters. The van der Waals surface area contributed by atoms with E-state index in [4.69, 9.17) is 9.78 Å². The van der Waals surface area contributed by atoms with Gasteiger partial charge in [0.15, 0.2) is 4.96 Å². The van der Waals surface area contributed by atoms with E-state index in [1.165, 1.54) is 14.0 Å². The molecule has 7 aromatic rings. The van der Waals surface area contributed by atoms with Crippen LogP contribution in [0.1, 0.15) is 55.8 Å². The normalized spacial score (nSPS) is 14.0. The lowest BCUT2D eigenvalue weighted by atomic mass is 10.1. The molecule has 62 heavy (non-hydrogen) atoms. The van der Waals surface area contributed by atoms with E-state index in [-0.39, 0.29) is 23.8 Å². The Hall–Kier alpha value is -6.91. The molecular formula is C46H52N10O5S. The maximum Gasteiger partial charge on any atom is 0.292 e. The lowest BCUT2D eigenvalue weighted by molar-refractivity contribution is -0.135. The van der Waals surface area contributed by atoms with Gasteiger partial charge in [-0.25, -0.2) is 15.0 Å². The van der Waals surface area contributed by atoms with Crippen LogP contribution in [-0.2, 0) is 23.9 Å². The number of ether oxygens (including phenoxy) is 1. The number of hydrogen-bond donors (Lipinski definition) is 4. The summed E-state index contributed by atoms with van der Waals surface area (Å²) in [6.45, 7) is 5.21. The summed E-state index contributed by atoms with van der Waals surface area (Å²) in [6, 6.07) is 26.9. The number of aromatic nitrogens is 6. The van der Waals surface area contributed by atoms with Gasteiger partial charge in [-0.2, -0.15) is 0 Å². The molecular weight excluding hydrogens is 805 g/mol. The van der Waals surface area contributed by atoms with Gasteiger partial charge in [0.2, 0.25) is 17.7 Å². The molecule has 0 aliphatic carbocycles. The van der Waals surface area contributed by atoms with E-state index in [0.29, 0.717) is 6.47 Å². The zero-order valence-corrected chi connectivity index (χ0v) is 35.9. The van der Waals surface area contributed by atoms with Gasteiger partial charge >= 0.3 is 0 Å². The highest BCUT2D eigenvalue weighted by Crippen LogP contribution is 2.30. The highest BCUT2D eigenvalue weighted by atomic mass is 32.1. The molecule has 2 unspecified atom stereocenters. The van der Waals surface area contributed by atoms with Crippen molar-refractivity contribution in [3.63, 3.8) is 0 Å². The summed E-state index contributed by atoms with van der Waals surface area (Å²) in [4.78, 5) is 69.8. The third-order valence-electron chi connectivity index (χ3n) is 10.2. The van der Waals surface area contributed by atoms with Gasteiger partial charge in [-0.15, -0.1) is 0 Å². The summed E-state index contributed by atoms with van der Waals surface area (Å²) in [5.41, 5.74) is 7.07. The minimum Gasteiger partial charge on any atom is -0.471 e. The molecule has 0 radical (unpaired) electrons. The molecule has 322 valence electrons. The smallest absolute Gasteiger partial charge is 0.292 e. The van der Waals surface area contributed by atoms with Crippen molar-refractivity contribution < 1.29 is 23.9 Å². The molecule has 9 rings (SSSR count). The first-order valence-electron chi connectivity index (χ1n) is 20.4. The molecule has 0 bridgehead atoms. The molecule has 16 heteroatoms. The fourth-order valence-corrected chi connectivity index (χ4v) is 8.08. The van der Waals surface area contributed by atoms with Crippen molar-refractivity contribution in [2.45, 2.75) is 44.7 Å². The number of hydrogen-bond acceptors (Lipinski definition) is 10. The lowest BCUT2D eigenvalue weighted by Gasteiger charge is -2.23. The monoisotopic (exact) mass is 856 g/mol. The first-order valence-corrected chi connectivity index (χ1v) is 21.3. The van der Waals surface area contributed by atoms with E-state index in [1.54, 1.807) is 24.0 Å². The SMILES string of the molecule is CC(=O)NC(C(=O)N1CCCC1)c1ccccc1.CNC(C(=O)N1CCCC1)c1ccccc1.COC=O.c1ncc(-c2ccc(-c3cn4cc(-c5cnc[nH]5)sc4n3)cc2)[nH]1. The van der Waals surface area contributed by atoms with E-state index >= 15 is 0 Å². The van der Waals surface area contributed by atoms with E-state index in [9.17, 15) is 14.4 Å². The third kappa shape index (κ3) is 11.9. The average Bonchev–Trinajstić information content (AvgIpc) is 4.17. The van der Waals surface area contributed by atoms with E-state index in [0.717, 1.165) is 101 Å². The van der Waals surface area contributed by atoms with Gasteiger partial charge < -0.3 is 35.1 Å². The number of carbonyl (C=O) groups excluding carboxylic acids is 4. The van der Waals surface area contributed by atoms with Crippen LogP contribution in [0.2, 0.25) is 0 Å². The zero-order valence-electron chi connectivity index (χ0n) is 35.1. The number of amides is 3. The van der Waals surface area contributed by atoms with Crippen molar-refractivity contribution in [2.24, 2.45) is 0 Å². The predicted molar refractivity (Wildman–Crippen MR) is 240 cm³/mol. The van der Waals surface area contributed by atoms with Crippen LogP contribution in [0.3, 0.4) is 0 Å². The Morgan fingerprint density at radius 2 is 1.23 bits per heavy atom. The molecule has 3 amide bonds. The second-order valence-corrected chi connectivity index (χ2v) is 15.5. The Bertz CT molecular complexity index is 2390. The Morgan fingerprint density at radius 1 is 0.726 bits per heavy atom. The first-order chi connectivity index (χ1) is 30.3. The topological polar surface area (TPSA) is 183 Å². The number of likely N-dealkylation sites (N-methyl/N-ethyl adjacent to an activating group) is 1. The van der Waals surface area contributed by atoms with Crippen LogP contribution in [0, 0.1) is 0 Å². The molecule has 4 N–H and O–H groups in total. The van der Waals surface area contributed by atoms with Crippen LogP contribution in [0.5, 0.6) is 0 Å². The second kappa shape index (κ2) is 22.6. The molecule has 15 nitrogen and oxygen atoms in total. The van der Waals surface area contributed by atoms with Crippen molar-refractivity contribution in [3.05, 3.63) is 133 Å². The summed E-state index contributed by atoms with van der Waals surface area (Å²) in [6.07, 6.45) is 15.5. The number of nitrogens with one attached hydrogen (secondary N) is 4. The number of aromatic amines is 2. The molecule has 4 aromatic heterocycles. The minimum absolute atomic E-state index is 0.00565. The number of rotatable bonds is 10. The van der Waals surface area contributed by atoms with Crippen LogP contribution in [-0.4, -0.2) is 104 Å². The summed E-state index contributed by atoms with van der Waals surface area (Å²) in [5.74, 6) is 0.0106. The van der Waals surface area contributed by atoms with Crippen molar-refractivity contribution in [3.8, 4) is 33.1 Å². The quantitative estimate of drug-likeness (QED) is 0.109. The number of thiazole rings is 1. The minimum atomic E-state index is -0.554. The number of fused-ring (bicyclic) bond motifs is 1. The van der Waals surface area contributed by atoms with Crippen molar-refractivity contribution in [1.82, 2.24) is 49.8 Å². The van der Waals surface area contributed by atoms with Crippen LogP contribution in [0.4, 0.5) is 0 Å². The molecule has 6 heterocycles. The van der Waals surface area contributed by atoms with Crippen LogP contribution in [0.25, 0.3) is 38.0 Å². The number of carbonyl (C=O) groups is 4. The van der Waals surface area contributed by atoms with Crippen LogP contribution < -0.4 is 10.6 Å². The van der Waals surface area contributed by atoms with Crippen molar-refractivity contribution >= 4 is 40.5 Å². The van der Waals surface area contributed by atoms with Gasteiger partial charge in [-0.3, -0.25) is 23.6 Å². The fourth-order valence-electron chi connectivity index (χ4n) is 7.14. The molecule has 0 spiro atoms. The van der Waals surface area contributed by atoms with Gasteiger partial charge in [0.1, 0.15) is 12.1 Å². The number of imidazole rings is 3. The van der Waals surface area contributed by atoms with E-state index in [1.807, 2.05) is 89.9 Å². The summed E-state index contributed by atoms with van der Waals surface area (Å²) in [5, 5.41) is 5.85. The number of H-pyrrole nitrogens is 2. The Balaban J connectivity index is 0.000000152. The number of nitrogens with zero attached hydrogens (tertiary/aromatic N) is 6. The molecule has 2 aliphatic heterocycles. The third-order valence-corrected chi connectivity index (χ3v) is 11.3. The number of likely N-dealkylation sites (tertiary alicyclic amines) is 2. The Labute approximate surface area is 364 Å². The van der Waals surface area contributed by atoms with Gasteiger partial charge in [-0.05, 0) is 49.4 Å². The standard InChI is InChI=1S/C17H12N6S.C14H18N2O2.C13H18N2O.C2H4O2/c1-3-12(4-2-11(1)13-5-18-9-20-13)15-7-23-8-16(24-17(23)22-15)14-6-19-10-21-14;1-11(17)15-13(12-7-3-2-4-8-12)14(18)16-9-5-6-10-16;1-14-12(11-7-3-2-4-8-11)13(16)15-9-5-6-10-15;1-4-2-3/h1-10H,(H,18,20)(H,19,21);2-4,7-8,13H,5-6,9-10H2,1H3,(H,15,17);2-4,7-8,12,14H,5-6,9-10H2,1H3;2H,1H3. The van der Waals surface area contributed by atoms with Crippen LogP contribution in [0.15, 0.2) is 122 Å². The molecule has 2 fully saturated rings. The lowest BCUT2D eigenvalue weighted by Crippen LogP contribution is -2.41. The Morgan fingerprint density at radius 3 is 1.69 bits per heavy atom. The molecule has 2 saturated heterocycles. The first kappa shape index (κ1) is 44.6. The van der Waals surface area contributed by atoms with Crippen LogP contribution >= 0.6 is 11.3 Å². The average molecular weight is 857 g/mol. The van der Waals surface area contributed by atoms with Crippen molar-refractivity contribution in [2.75, 3.05) is 40.3 Å². The van der Waals surface area contributed by atoms with Gasteiger partial charge in [0, 0.05) is 51.1 Å². The number of benzene rings is 3. The highest BCUT2D eigenvalue weighted by Gasteiger charge is 2.28. The highest BCUT2D eigenvalue weighted by molar-refractivity contribution is 7.20. The van der Waals surface area contributed by atoms with E-state index in [2.05, 4.69) is 76.4 Å². The molecule has 0 saturated carbocycles. The summed E-state index contributed by atoms with van der Waals surface area (Å²) in [7, 11) is 3.15. The summed E-state index contributed by atoms with van der Waals surface area (Å²) < 4.78 is 5.92. The maximum absolute atomic E-state index is 12.4. The van der Waals surface area contributed by atoms with Gasteiger partial charge in [0.05, 0.1) is 54.1 Å². The molecule has 2 aliphatic rings. The second-order valence-electron chi connectivity index (χ2n) is 14.5. The zero-order chi connectivity index (χ0) is 43.7. The van der Waals surface area contributed by atoms with Gasteiger partial charge in [0.25, 0.3) is 6.47 Å². The predicted octanol–water partition coefficient (Wildman–Crippen LogP) is 6.69. The van der Waals surface area contributed by atoms with Gasteiger partial charge in [-0.1, -0.05) is 96.3 Å².